The van der Waals surface area contributed by atoms with Crippen LogP contribution in [0.15, 0.2) is 51.7 Å². The van der Waals surface area contributed by atoms with Crippen LogP contribution in [-0.2, 0) is 9.53 Å². The molecule has 11 heteroatoms. The number of rotatable bonds is 6. The van der Waals surface area contributed by atoms with Gasteiger partial charge < -0.3 is 19.6 Å². The maximum atomic E-state index is 13.7. The van der Waals surface area contributed by atoms with Crippen LogP contribution in [0.5, 0.6) is 5.75 Å². The fourth-order valence-corrected chi connectivity index (χ4v) is 5.28. The Morgan fingerprint density at radius 2 is 1.86 bits per heavy atom. The first kappa shape index (κ1) is 24.2. The van der Waals surface area contributed by atoms with E-state index in [1.54, 1.807) is 49.4 Å². The molecule has 1 aliphatic heterocycles. The number of thiazole rings is 1. The third-order valence-electron chi connectivity index (χ3n) is 5.96. The van der Waals surface area contributed by atoms with E-state index in [9.17, 15) is 19.2 Å². The molecule has 4 aromatic rings. The van der Waals surface area contributed by atoms with Crippen molar-refractivity contribution >= 4 is 45.2 Å². The molecule has 10 nitrogen and oxygen atoms in total. The fourth-order valence-electron chi connectivity index (χ4n) is 4.27. The van der Waals surface area contributed by atoms with Gasteiger partial charge in [-0.3, -0.25) is 19.3 Å². The number of amides is 2. The number of nitrogens with zero attached hydrogens (tertiary/aromatic N) is 2. The van der Waals surface area contributed by atoms with Gasteiger partial charge in [0, 0.05) is 0 Å². The molecule has 5 rings (SSSR count). The minimum Gasteiger partial charge on any atom is -0.484 e. The number of anilines is 1. The van der Waals surface area contributed by atoms with E-state index in [4.69, 9.17) is 19.6 Å². The van der Waals surface area contributed by atoms with Crippen molar-refractivity contribution in [3.63, 3.8) is 0 Å². The fraction of sp³-hybridized carbons (Fsp3) is 0.192. The Morgan fingerprint density at radius 1 is 1.14 bits per heavy atom. The van der Waals surface area contributed by atoms with E-state index >= 15 is 0 Å². The first-order valence-electron chi connectivity index (χ1n) is 11.2. The van der Waals surface area contributed by atoms with Crippen LogP contribution in [0.3, 0.4) is 0 Å². The van der Waals surface area contributed by atoms with Gasteiger partial charge in [0.05, 0.1) is 29.8 Å². The molecule has 1 atom stereocenters. The van der Waals surface area contributed by atoms with Crippen LogP contribution in [0.2, 0.25) is 0 Å². The molecule has 2 N–H and O–H groups in total. The summed E-state index contributed by atoms with van der Waals surface area (Å²) in [7, 11) is 1.26. The van der Waals surface area contributed by atoms with Gasteiger partial charge in [-0.15, -0.1) is 0 Å². The van der Waals surface area contributed by atoms with E-state index < -0.39 is 23.8 Å². The highest BCUT2D eigenvalue weighted by Crippen LogP contribution is 2.43. The number of carbonyl (C=O) groups is 3. The van der Waals surface area contributed by atoms with E-state index in [2.05, 4.69) is 4.98 Å². The molecule has 2 aromatic heterocycles. The van der Waals surface area contributed by atoms with E-state index in [0.717, 1.165) is 16.9 Å². The molecule has 0 bridgehead atoms. The third-order valence-corrected chi connectivity index (χ3v) is 7.10. The summed E-state index contributed by atoms with van der Waals surface area (Å²) in [6, 6.07) is 10.9. The molecule has 0 spiro atoms. The SMILES string of the molecule is COC(=O)c1sc(N2C(=O)c3oc4ccc(C)cc4c(=O)c3C2c2ccc(OCC(N)=O)cc2)nc1C. The lowest BCUT2D eigenvalue weighted by atomic mass is 9.98. The average molecular weight is 520 g/mol. The number of ether oxygens (including phenoxy) is 2. The number of methoxy groups -OCH3 is 1. The molecule has 0 saturated heterocycles. The number of hydrogen-bond acceptors (Lipinski definition) is 9. The molecule has 1 aliphatic rings. The van der Waals surface area contributed by atoms with Crippen LogP contribution in [-0.4, -0.2) is 36.5 Å². The minimum absolute atomic E-state index is 0.0899. The number of aromatic nitrogens is 1. The minimum atomic E-state index is -0.884. The van der Waals surface area contributed by atoms with Crippen LogP contribution in [0.4, 0.5) is 5.13 Å². The van der Waals surface area contributed by atoms with Gasteiger partial charge in [0.15, 0.2) is 17.2 Å². The van der Waals surface area contributed by atoms with Gasteiger partial charge in [-0.05, 0) is 43.7 Å². The quantitative estimate of drug-likeness (QED) is 0.383. The highest BCUT2D eigenvalue weighted by atomic mass is 32.1. The van der Waals surface area contributed by atoms with Crippen molar-refractivity contribution in [1.82, 2.24) is 4.98 Å². The molecule has 188 valence electrons. The standard InChI is InChI=1S/C26H21N3O7S/c1-12-4-9-17-16(10-12)21(31)19-20(14-5-7-15(8-6-14)35-11-18(27)30)29(24(32)22(19)36-17)26-28-13(2)23(37-26)25(33)34-3/h4-10,20H,11H2,1-3H3,(H2,27,30). The maximum Gasteiger partial charge on any atom is 0.350 e. The molecule has 1 unspecified atom stereocenters. The molecule has 0 aliphatic carbocycles. The number of esters is 1. The first-order valence-corrected chi connectivity index (χ1v) is 12.0. The summed E-state index contributed by atoms with van der Waals surface area (Å²) in [6.07, 6.45) is 0. The zero-order valence-corrected chi connectivity index (χ0v) is 20.9. The predicted molar refractivity (Wildman–Crippen MR) is 135 cm³/mol. The van der Waals surface area contributed by atoms with Gasteiger partial charge in [0.25, 0.3) is 11.8 Å². The number of aryl methyl sites for hydroxylation is 2. The molecule has 2 amide bonds. The lowest BCUT2D eigenvalue weighted by Gasteiger charge is -2.22. The monoisotopic (exact) mass is 519 g/mol. The number of benzene rings is 2. The Morgan fingerprint density at radius 3 is 2.54 bits per heavy atom. The zero-order chi connectivity index (χ0) is 26.4. The second kappa shape index (κ2) is 9.17. The first-order chi connectivity index (χ1) is 17.7. The smallest absolute Gasteiger partial charge is 0.350 e. The van der Waals surface area contributed by atoms with E-state index in [-0.39, 0.29) is 33.4 Å². The molecule has 0 fully saturated rings. The Labute approximate surface area is 214 Å². The lowest BCUT2D eigenvalue weighted by Crippen LogP contribution is -2.29. The molecule has 37 heavy (non-hydrogen) atoms. The summed E-state index contributed by atoms with van der Waals surface area (Å²) < 4.78 is 16.2. The molecular formula is C26H21N3O7S. The topological polar surface area (TPSA) is 142 Å². The Kier molecular flexibility index (Phi) is 6.00. The summed E-state index contributed by atoms with van der Waals surface area (Å²) in [5, 5.41) is 0.568. The summed E-state index contributed by atoms with van der Waals surface area (Å²) >= 11 is 0.989. The Hall–Kier alpha value is -4.51. The number of hydrogen-bond donors (Lipinski definition) is 1. The van der Waals surface area contributed by atoms with Crippen molar-refractivity contribution in [2.75, 3.05) is 18.6 Å². The van der Waals surface area contributed by atoms with Crippen LogP contribution in [0.1, 0.15) is 48.7 Å². The second-order valence-corrected chi connectivity index (χ2v) is 9.46. The second-order valence-electron chi connectivity index (χ2n) is 8.48. The highest BCUT2D eigenvalue weighted by molar-refractivity contribution is 7.17. The van der Waals surface area contributed by atoms with Crippen molar-refractivity contribution in [3.05, 3.63) is 85.7 Å². The van der Waals surface area contributed by atoms with Crippen molar-refractivity contribution in [1.29, 1.82) is 0 Å². The van der Waals surface area contributed by atoms with Gasteiger partial charge in [-0.1, -0.05) is 35.1 Å². The predicted octanol–water partition coefficient (Wildman–Crippen LogP) is 3.27. The van der Waals surface area contributed by atoms with Crippen molar-refractivity contribution in [3.8, 4) is 5.75 Å². The van der Waals surface area contributed by atoms with Crippen LogP contribution >= 0.6 is 11.3 Å². The number of primary amides is 1. The normalized spacial score (nSPS) is 14.6. The molecule has 0 saturated carbocycles. The van der Waals surface area contributed by atoms with E-state index in [0.29, 0.717) is 28.0 Å². The van der Waals surface area contributed by atoms with E-state index in [1.165, 1.54) is 12.0 Å². The number of fused-ring (bicyclic) bond motifs is 2. The summed E-state index contributed by atoms with van der Waals surface area (Å²) in [6.45, 7) is 3.21. The van der Waals surface area contributed by atoms with Gasteiger partial charge in [0.1, 0.15) is 16.2 Å². The Bertz CT molecular complexity index is 1640. The molecule has 2 aromatic carbocycles. The summed E-state index contributed by atoms with van der Waals surface area (Å²) in [4.78, 5) is 56.8. The summed E-state index contributed by atoms with van der Waals surface area (Å²) in [5.41, 5.74) is 7.11. The molecular weight excluding hydrogens is 498 g/mol. The van der Waals surface area contributed by atoms with Crippen molar-refractivity contribution in [2.45, 2.75) is 19.9 Å². The zero-order valence-electron chi connectivity index (χ0n) is 20.1. The van der Waals surface area contributed by atoms with Gasteiger partial charge in [-0.2, -0.15) is 0 Å². The summed E-state index contributed by atoms with van der Waals surface area (Å²) in [5.74, 6) is -1.45. The molecule has 3 heterocycles. The van der Waals surface area contributed by atoms with Crippen LogP contribution in [0, 0.1) is 13.8 Å². The van der Waals surface area contributed by atoms with Gasteiger partial charge >= 0.3 is 5.97 Å². The molecule has 0 radical (unpaired) electrons. The number of carbonyl (C=O) groups excluding carboxylic acids is 3. The highest BCUT2D eigenvalue weighted by Gasteiger charge is 2.45. The average Bonchev–Trinajstić information content (AvgIpc) is 3.40. The lowest BCUT2D eigenvalue weighted by molar-refractivity contribution is -0.119. The van der Waals surface area contributed by atoms with Crippen LogP contribution in [0.25, 0.3) is 11.0 Å². The number of nitrogens with two attached hydrogens (primary N) is 1. The Balaban J connectivity index is 1.70. The maximum absolute atomic E-state index is 13.7. The van der Waals surface area contributed by atoms with Crippen LogP contribution < -0.4 is 20.8 Å². The third kappa shape index (κ3) is 4.12. The largest absolute Gasteiger partial charge is 0.484 e. The van der Waals surface area contributed by atoms with Gasteiger partial charge in [-0.25, -0.2) is 9.78 Å². The van der Waals surface area contributed by atoms with Crippen molar-refractivity contribution < 1.29 is 28.3 Å². The van der Waals surface area contributed by atoms with Gasteiger partial charge in [0.2, 0.25) is 5.76 Å². The van der Waals surface area contributed by atoms with Crippen molar-refractivity contribution in [2.24, 2.45) is 5.73 Å². The van der Waals surface area contributed by atoms with E-state index in [1.807, 2.05) is 6.92 Å².